The van der Waals surface area contributed by atoms with Crippen LogP contribution in [0, 0.1) is 6.92 Å². The number of aryl methyl sites for hydroxylation is 2. The minimum Gasteiger partial charge on any atom is -0.358 e. The van der Waals surface area contributed by atoms with Gasteiger partial charge in [0.25, 0.3) is 0 Å². The first-order chi connectivity index (χ1) is 13.1. The summed E-state index contributed by atoms with van der Waals surface area (Å²) in [6.45, 7) is 8.46. The molecule has 148 valence electrons. The molecular weight excluding hydrogens is 368 g/mol. The molecule has 0 amide bonds. The van der Waals surface area contributed by atoms with Gasteiger partial charge >= 0.3 is 0 Å². The topological polar surface area (TPSA) is 62.0 Å². The molecule has 0 saturated heterocycles. The Bertz CT molecular complexity index is 1120. The zero-order valence-electron chi connectivity index (χ0n) is 17.0. The second kappa shape index (κ2) is 6.75. The van der Waals surface area contributed by atoms with E-state index in [1.165, 1.54) is 16.5 Å². The SMILES string of the molecule is Cc1ccc2[nH]c3c(c2c1)CCC(NS(=O)(=O)c1ccc(C(C)(C)C)cc1)C3. The lowest BCUT2D eigenvalue weighted by Gasteiger charge is -2.24. The standard InChI is InChI=1S/C23H28N2O2S/c1-15-5-12-21-20(13-15)19-11-8-17(14-22(19)24-21)25-28(26,27)18-9-6-16(7-10-18)23(2,3)4/h5-7,9-10,12-13,17,24-25H,8,11,14H2,1-4H3. The van der Waals surface area contributed by atoms with Crippen molar-refractivity contribution >= 4 is 20.9 Å². The lowest BCUT2D eigenvalue weighted by Crippen LogP contribution is -2.38. The average molecular weight is 397 g/mol. The first-order valence-corrected chi connectivity index (χ1v) is 11.3. The summed E-state index contributed by atoms with van der Waals surface area (Å²) in [7, 11) is -3.53. The molecule has 0 radical (unpaired) electrons. The van der Waals surface area contributed by atoms with Gasteiger partial charge in [-0.2, -0.15) is 0 Å². The molecule has 4 rings (SSSR count). The number of aromatic nitrogens is 1. The maximum atomic E-state index is 12.9. The van der Waals surface area contributed by atoms with Gasteiger partial charge in [0.2, 0.25) is 10.0 Å². The predicted octanol–water partition coefficient (Wildman–Crippen LogP) is 4.61. The van der Waals surface area contributed by atoms with Crippen LogP contribution in [0.2, 0.25) is 0 Å². The largest absolute Gasteiger partial charge is 0.358 e. The summed E-state index contributed by atoms with van der Waals surface area (Å²) in [4.78, 5) is 3.82. The van der Waals surface area contributed by atoms with E-state index < -0.39 is 10.0 Å². The van der Waals surface area contributed by atoms with E-state index in [9.17, 15) is 8.42 Å². The number of nitrogens with one attached hydrogen (secondary N) is 2. The molecule has 3 aromatic rings. The molecule has 2 aromatic carbocycles. The van der Waals surface area contributed by atoms with Gasteiger partial charge in [-0.15, -0.1) is 0 Å². The predicted molar refractivity (Wildman–Crippen MR) is 114 cm³/mol. The van der Waals surface area contributed by atoms with E-state index in [0.29, 0.717) is 11.3 Å². The van der Waals surface area contributed by atoms with Crippen LogP contribution in [0.1, 0.15) is 49.6 Å². The molecule has 0 aliphatic heterocycles. The highest BCUT2D eigenvalue weighted by molar-refractivity contribution is 7.89. The molecule has 1 unspecified atom stereocenters. The van der Waals surface area contributed by atoms with Crippen LogP contribution in [0.15, 0.2) is 47.4 Å². The van der Waals surface area contributed by atoms with Gasteiger partial charge in [0.15, 0.2) is 0 Å². The minimum atomic E-state index is -3.53. The zero-order valence-corrected chi connectivity index (χ0v) is 17.8. The second-order valence-electron chi connectivity index (χ2n) is 8.97. The van der Waals surface area contributed by atoms with E-state index in [1.54, 1.807) is 12.1 Å². The highest BCUT2D eigenvalue weighted by Gasteiger charge is 2.27. The Morgan fingerprint density at radius 3 is 2.46 bits per heavy atom. The van der Waals surface area contributed by atoms with Crippen LogP contribution in [-0.4, -0.2) is 19.4 Å². The van der Waals surface area contributed by atoms with Crippen LogP contribution in [0.5, 0.6) is 0 Å². The van der Waals surface area contributed by atoms with Crippen molar-refractivity contribution in [2.75, 3.05) is 0 Å². The summed E-state index contributed by atoms with van der Waals surface area (Å²) in [5.74, 6) is 0. The maximum Gasteiger partial charge on any atom is 0.240 e. The molecular formula is C23H28N2O2S. The molecule has 0 fully saturated rings. The van der Waals surface area contributed by atoms with Crippen molar-refractivity contribution in [2.45, 2.75) is 63.3 Å². The Balaban J connectivity index is 1.54. The maximum absolute atomic E-state index is 12.9. The van der Waals surface area contributed by atoms with Crippen molar-refractivity contribution in [3.63, 3.8) is 0 Å². The molecule has 1 atom stereocenters. The molecule has 1 heterocycles. The first-order valence-electron chi connectivity index (χ1n) is 9.86. The summed E-state index contributed by atoms with van der Waals surface area (Å²) in [6, 6.07) is 13.6. The van der Waals surface area contributed by atoms with Crippen LogP contribution in [-0.2, 0) is 28.3 Å². The highest BCUT2D eigenvalue weighted by atomic mass is 32.2. The highest BCUT2D eigenvalue weighted by Crippen LogP contribution is 2.30. The quantitative estimate of drug-likeness (QED) is 0.679. The third kappa shape index (κ3) is 3.61. The van der Waals surface area contributed by atoms with E-state index in [1.807, 2.05) is 12.1 Å². The van der Waals surface area contributed by atoms with Gasteiger partial charge in [-0.3, -0.25) is 0 Å². The Kier molecular flexibility index (Phi) is 4.63. The van der Waals surface area contributed by atoms with Crippen molar-refractivity contribution in [3.8, 4) is 0 Å². The minimum absolute atomic E-state index is 0.00344. The number of fused-ring (bicyclic) bond motifs is 3. The van der Waals surface area contributed by atoms with Crippen LogP contribution in [0.4, 0.5) is 0 Å². The molecule has 0 spiro atoms. The van der Waals surface area contributed by atoms with E-state index in [2.05, 4.69) is 55.6 Å². The van der Waals surface area contributed by atoms with Crippen LogP contribution in [0.25, 0.3) is 10.9 Å². The molecule has 5 heteroatoms. The molecule has 28 heavy (non-hydrogen) atoms. The number of hydrogen-bond acceptors (Lipinski definition) is 2. The average Bonchev–Trinajstić information content (AvgIpc) is 2.97. The number of benzene rings is 2. The molecule has 2 N–H and O–H groups in total. The smallest absolute Gasteiger partial charge is 0.240 e. The number of rotatable bonds is 3. The Hall–Kier alpha value is -2.11. The van der Waals surface area contributed by atoms with Gasteiger partial charge in [0.05, 0.1) is 4.90 Å². The van der Waals surface area contributed by atoms with Crippen molar-refractivity contribution < 1.29 is 8.42 Å². The molecule has 1 aliphatic rings. The molecule has 1 aliphatic carbocycles. The van der Waals surface area contributed by atoms with Gasteiger partial charge in [0, 0.05) is 29.1 Å². The lowest BCUT2D eigenvalue weighted by atomic mass is 9.87. The lowest BCUT2D eigenvalue weighted by molar-refractivity contribution is 0.505. The third-order valence-electron chi connectivity index (χ3n) is 5.70. The fourth-order valence-corrected chi connectivity index (χ4v) is 5.34. The van der Waals surface area contributed by atoms with Crippen LogP contribution >= 0.6 is 0 Å². The fourth-order valence-electron chi connectivity index (χ4n) is 4.07. The Morgan fingerprint density at radius 2 is 1.79 bits per heavy atom. The second-order valence-corrected chi connectivity index (χ2v) is 10.7. The normalized spacial score (nSPS) is 17.6. The summed E-state index contributed by atoms with van der Waals surface area (Å²) < 4.78 is 28.7. The van der Waals surface area contributed by atoms with Gasteiger partial charge in [-0.25, -0.2) is 13.1 Å². The number of H-pyrrole nitrogens is 1. The van der Waals surface area contributed by atoms with Crippen LogP contribution < -0.4 is 4.72 Å². The van der Waals surface area contributed by atoms with E-state index in [-0.39, 0.29) is 11.5 Å². The van der Waals surface area contributed by atoms with Crippen molar-refractivity contribution in [1.82, 2.24) is 9.71 Å². The van der Waals surface area contributed by atoms with E-state index >= 15 is 0 Å². The summed E-state index contributed by atoms with van der Waals surface area (Å²) in [5.41, 5.74) is 6.00. The molecule has 0 saturated carbocycles. The van der Waals surface area contributed by atoms with E-state index in [4.69, 9.17) is 0 Å². The van der Waals surface area contributed by atoms with Gasteiger partial charge in [0.1, 0.15) is 0 Å². The molecule has 0 bridgehead atoms. The van der Waals surface area contributed by atoms with Gasteiger partial charge < -0.3 is 4.98 Å². The summed E-state index contributed by atoms with van der Waals surface area (Å²) >= 11 is 0. The molecule has 4 nitrogen and oxygen atoms in total. The Labute approximate surface area is 167 Å². The number of aromatic amines is 1. The third-order valence-corrected chi connectivity index (χ3v) is 7.23. The van der Waals surface area contributed by atoms with Crippen molar-refractivity contribution in [3.05, 3.63) is 64.8 Å². The zero-order chi connectivity index (χ0) is 20.1. The first kappa shape index (κ1) is 19.2. The Morgan fingerprint density at radius 1 is 1.07 bits per heavy atom. The van der Waals surface area contributed by atoms with Crippen LogP contribution in [0.3, 0.4) is 0 Å². The van der Waals surface area contributed by atoms with Gasteiger partial charge in [-0.05, 0) is 60.6 Å². The van der Waals surface area contributed by atoms with Crippen molar-refractivity contribution in [1.29, 1.82) is 0 Å². The summed E-state index contributed by atoms with van der Waals surface area (Å²) in [6.07, 6.45) is 2.39. The van der Waals surface area contributed by atoms with Gasteiger partial charge in [-0.1, -0.05) is 44.5 Å². The monoisotopic (exact) mass is 396 g/mol. The van der Waals surface area contributed by atoms with E-state index in [0.717, 1.165) is 29.6 Å². The summed E-state index contributed by atoms with van der Waals surface area (Å²) in [5, 5.41) is 1.27. The fraction of sp³-hybridized carbons (Fsp3) is 0.391. The molecule has 1 aromatic heterocycles. The van der Waals surface area contributed by atoms with Crippen molar-refractivity contribution in [2.24, 2.45) is 0 Å². The number of sulfonamides is 1. The number of hydrogen-bond donors (Lipinski definition) is 2.